The summed E-state index contributed by atoms with van der Waals surface area (Å²) in [6.07, 6.45) is 1.24. The van der Waals surface area contributed by atoms with Crippen molar-refractivity contribution in [2.24, 2.45) is 0 Å². The van der Waals surface area contributed by atoms with Gasteiger partial charge in [-0.25, -0.2) is 9.97 Å². The predicted molar refractivity (Wildman–Crippen MR) is 53.1 cm³/mol. The van der Waals surface area contributed by atoms with Gasteiger partial charge in [0.05, 0.1) is 0 Å². The third-order valence-electron chi connectivity index (χ3n) is 1.37. The maximum absolute atomic E-state index is 5.59. The first kappa shape index (κ1) is 9.94. The maximum atomic E-state index is 5.59. The van der Waals surface area contributed by atoms with Gasteiger partial charge in [0.15, 0.2) is 0 Å². The summed E-state index contributed by atoms with van der Waals surface area (Å²) in [7, 11) is 0. The Morgan fingerprint density at radius 1 is 0.867 bits per heavy atom. The molecule has 0 aliphatic heterocycles. The molecular formula is C6H3Cl2N7. The number of hydrogen-bond donors (Lipinski definition) is 1. The van der Waals surface area contributed by atoms with Gasteiger partial charge in [-0.15, -0.1) is 0 Å². The van der Waals surface area contributed by atoms with Crippen molar-refractivity contribution in [1.82, 2.24) is 29.9 Å². The van der Waals surface area contributed by atoms with Crippen molar-refractivity contribution in [3.05, 3.63) is 16.9 Å². The highest BCUT2D eigenvalue weighted by molar-refractivity contribution is 6.31. The summed E-state index contributed by atoms with van der Waals surface area (Å²) in [5, 5.41) is -0.0760. The van der Waals surface area contributed by atoms with E-state index in [9.17, 15) is 0 Å². The Morgan fingerprint density at radius 3 is 2.13 bits per heavy atom. The molecule has 0 spiro atoms. The van der Waals surface area contributed by atoms with Crippen molar-refractivity contribution >= 4 is 29.2 Å². The third-order valence-corrected chi connectivity index (χ3v) is 1.71. The fourth-order valence-corrected chi connectivity index (χ4v) is 1.21. The van der Waals surface area contributed by atoms with Crippen molar-refractivity contribution in [3.63, 3.8) is 0 Å². The molecule has 0 atom stereocenters. The van der Waals surface area contributed by atoms with E-state index in [2.05, 4.69) is 29.9 Å². The molecule has 0 radical (unpaired) electrons. The highest BCUT2D eigenvalue weighted by Gasteiger charge is 2.09. The second kappa shape index (κ2) is 3.87. The van der Waals surface area contributed by atoms with Crippen LogP contribution < -0.4 is 5.73 Å². The van der Waals surface area contributed by atoms with Crippen LogP contribution in [0.1, 0.15) is 0 Å². The topological polar surface area (TPSA) is 103 Å². The lowest BCUT2D eigenvalue weighted by atomic mass is 10.5. The summed E-state index contributed by atoms with van der Waals surface area (Å²) in [4.78, 5) is 22.4. The van der Waals surface area contributed by atoms with Gasteiger partial charge in [0.2, 0.25) is 28.2 Å². The number of halogens is 2. The quantitative estimate of drug-likeness (QED) is 0.783. The summed E-state index contributed by atoms with van der Waals surface area (Å²) in [6, 6.07) is 0. The van der Waals surface area contributed by atoms with E-state index in [1.807, 2.05) is 0 Å². The lowest BCUT2D eigenvalue weighted by Gasteiger charge is -1.98. The largest absolute Gasteiger partial charge is 0.368 e. The molecule has 0 aliphatic carbocycles. The van der Waals surface area contributed by atoms with E-state index < -0.39 is 0 Å². The van der Waals surface area contributed by atoms with E-state index >= 15 is 0 Å². The Labute approximate surface area is 93.8 Å². The normalized spacial score (nSPS) is 10.3. The summed E-state index contributed by atoms with van der Waals surface area (Å²) >= 11 is 11.2. The molecular weight excluding hydrogens is 241 g/mol. The van der Waals surface area contributed by atoms with E-state index in [1.54, 1.807) is 0 Å². The second-order valence-corrected chi connectivity index (χ2v) is 3.04. The lowest BCUT2D eigenvalue weighted by molar-refractivity contribution is 0.993. The van der Waals surface area contributed by atoms with Crippen LogP contribution in [-0.2, 0) is 0 Å². The first-order chi connectivity index (χ1) is 7.15. The summed E-state index contributed by atoms with van der Waals surface area (Å²) in [6.45, 7) is 0. The molecule has 9 heteroatoms. The lowest BCUT2D eigenvalue weighted by Crippen LogP contribution is -2.02. The second-order valence-electron chi connectivity index (χ2n) is 2.36. The zero-order chi connectivity index (χ0) is 10.8. The van der Waals surface area contributed by atoms with Crippen LogP contribution in [0.15, 0.2) is 6.33 Å². The monoisotopic (exact) mass is 243 g/mol. The molecule has 7 nitrogen and oxygen atoms in total. The molecule has 0 fully saturated rings. The SMILES string of the molecule is Nc1ncnc(-c2nc(Cl)nc(Cl)n2)n1. The molecule has 2 rings (SSSR count). The van der Waals surface area contributed by atoms with E-state index in [0.717, 1.165) is 0 Å². The zero-order valence-electron chi connectivity index (χ0n) is 7.09. The molecule has 0 aliphatic rings. The summed E-state index contributed by atoms with van der Waals surface area (Å²) < 4.78 is 0. The molecule has 76 valence electrons. The van der Waals surface area contributed by atoms with E-state index in [-0.39, 0.29) is 28.2 Å². The van der Waals surface area contributed by atoms with Gasteiger partial charge in [0, 0.05) is 0 Å². The minimum absolute atomic E-state index is 0.0380. The first-order valence-corrected chi connectivity index (χ1v) is 4.43. The van der Waals surface area contributed by atoms with Crippen molar-refractivity contribution < 1.29 is 0 Å². The molecule has 0 saturated carbocycles. The number of nitrogens with zero attached hydrogens (tertiary/aromatic N) is 6. The molecule has 0 saturated heterocycles. The van der Waals surface area contributed by atoms with Gasteiger partial charge in [-0.3, -0.25) is 0 Å². The summed E-state index contributed by atoms with van der Waals surface area (Å²) in [5.74, 6) is 0.399. The van der Waals surface area contributed by atoms with Crippen LogP contribution in [0.4, 0.5) is 5.95 Å². The Morgan fingerprint density at radius 2 is 1.53 bits per heavy atom. The number of aromatic nitrogens is 6. The van der Waals surface area contributed by atoms with Gasteiger partial charge in [0.25, 0.3) is 0 Å². The molecule has 0 amide bonds. The minimum atomic E-state index is -0.0380. The van der Waals surface area contributed by atoms with Gasteiger partial charge in [-0.05, 0) is 23.2 Å². The van der Waals surface area contributed by atoms with Crippen LogP contribution in [0.3, 0.4) is 0 Å². The van der Waals surface area contributed by atoms with Crippen LogP contribution >= 0.6 is 23.2 Å². The van der Waals surface area contributed by atoms with Crippen LogP contribution in [0.2, 0.25) is 10.6 Å². The Kier molecular flexibility index (Phi) is 2.57. The number of rotatable bonds is 1. The van der Waals surface area contributed by atoms with Crippen LogP contribution in [0, 0.1) is 0 Å². The molecule has 2 aromatic heterocycles. The maximum Gasteiger partial charge on any atom is 0.227 e. The van der Waals surface area contributed by atoms with Crippen molar-refractivity contribution in [1.29, 1.82) is 0 Å². The van der Waals surface area contributed by atoms with Gasteiger partial charge in [-0.1, -0.05) is 0 Å². The minimum Gasteiger partial charge on any atom is -0.368 e. The van der Waals surface area contributed by atoms with Gasteiger partial charge in [0.1, 0.15) is 6.33 Å². The Balaban J connectivity index is 2.54. The Bertz CT molecular complexity index is 482. The molecule has 2 N–H and O–H groups in total. The highest BCUT2D eigenvalue weighted by atomic mass is 35.5. The molecule has 0 aromatic carbocycles. The number of nitrogens with two attached hydrogens (primary N) is 1. The number of anilines is 1. The van der Waals surface area contributed by atoms with Crippen molar-refractivity contribution in [3.8, 4) is 11.6 Å². The van der Waals surface area contributed by atoms with Crippen LogP contribution in [-0.4, -0.2) is 29.9 Å². The standard InChI is InChI=1S/C6H3Cl2N7/c7-4-12-3(13-5(8)15-4)2-10-1-11-6(9)14-2/h1H,(H2,9,10,11,14). The third kappa shape index (κ3) is 2.25. The zero-order valence-corrected chi connectivity index (χ0v) is 8.61. The van der Waals surface area contributed by atoms with Crippen LogP contribution in [0.25, 0.3) is 11.6 Å². The number of nitrogen functional groups attached to an aromatic ring is 1. The van der Waals surface area contributed by atoms with E-state index in [0.29, 0.717) is 0 Å². The molecule has 15 heavy (non-hydrogen) atoms. The highest BCUT2D eigenvalue weighted by Crippen LogP contribution is 2.13. The van der Waals surface area contributed by atoms with Crippen molar-refractivity contribution in [2.75, 3.05) is 5.73 Å². The molecule has 0 bridgehead atoms. The van der Waals surface area contributed by atoms with E-state index in [4.69, 9.17) is 28.9 Å². The Hall–Kier alpha value is -1.60. The number of hydrogen-bond acceptors (Lipinski definition) is 7. The fraction of sp³-hybridized carbons (Fsp3) is 0. The van der Waals surface area contributed by atoms with E-state index in [1.165, 1.54) is 6.33 Å². The summed E-state index contributed by atoms with van der Waals surface area (Å²) in [5.41, 5.74) is 5.37. The first-order valence-electron chi connectivity index (χ1n) is 3.67. The van der Waals surface area contributed by atoms with Crippen LogP contribution in [0.5, 0.6) is 0 Å². The van der Waals surface area contributed by atoms with Gasteiger partial charge < -0.3 is 5.73 Å². The molecule has 2 heterocycles. The average Bonchev–Trinajstić information content (AvgIpc) is 2.16. The molecule has 2 aromatic rings. The predicted octanol–water partition coefficient (Wildman–Crippen LogP) is 0.613. The fourth-order valence-electron chi connectivity index (χ4n) is 0.843. The van der Waals surface area contributed by atoms with Crippen molar-refractivity contribution in [2.45, 2.75) is 0 Å². The van der Waals surface area contributed by atoms with Gasteiger partial charge in [-0.2, -0.15) is 19.9 Å². The smallest absolute Gasteiger partial charge is 0.227 e. The molecule has 0 unspecified atom stereocenters. The van der Waals surface area contributed by atoms with Gasteiger partial charge >= 0.3 is 0 Å². The average molecular weight is 244 g/mol.